The van der Waals surface area contributed by atoms with E-state index in [1.807, 2.05) is 36.5 Å². The van der Waals surface area contributed by atoms with Crippen LogP contribution in [-0.2, 0) is 0 Å². The molecule has 200 valence electrons. The van der Waals surface area contributed by atoms with Crippen molar-refractivity contribution >= 4 is 54.5 Å². The maximum absolute atomic E-state index is 5.34. The van der Waals surface area contributed by atoms with E-state index in [0.717, 1.165) is 71.9 Å². The highest BCUT2D eigenvalue weighted by Crippen LogP contribution is 2.40. The summed E-state index contributed by atoms with van der Waals surface area (Å²) in [5.41, 5.74) is 8.96. The fraction of sp³-hybridized carbons (Fsp3) is 0. The number of para-hydroxylation sites is 3. The quantitative estimate of drug-likeness (QED) is 0.206. The van der Waals surface area contributed by atoms with Crippen molar-refractivity contribution in [1.29, 1.82) is 0 Å². The third-order valence-electron chi connectivity index (χ3n) is 8.32. The normalized spacial score (nSPS) is 11.7. The van der Waals surface area contributed by atoms with Crippen molar-refractivity contribution in [3.63, 3.8) is 0 Å². The van der Waals surface area contributed by atoms with Crippen LogP contribution in [0.1, 0.15) is 0 Å². The molecule has 6 aromatic carbocycles. The van der Waals surface area contributed by atoms with Crippen molar-refractivity contribution in [2.24, 2.45) is 0 Å². The molecule has 0 saturated heterocycles. The van der Waals surface area contributed by atoms with Gasteiger partial charge in [-0.1, -0.05) is 97.1 Å². The van der Waals surface area contributed by atoms with Crippen LogP contribution in [0.3, 0.4) is 0 Å². The molecule has 3 heterocycles. The fourth-order valence-electron chi connectivity index (χ4n) is 6.37. The van der Waals surface area contributed by atoms with Crippen molar-refractivity contribution in [1.82, 2.24) is 24.5 Å². The van der Waals surface area contributed by atoms with Gasteiger partial charge in [-0.05, 0) is 46.8 Å². The number of hydrogen-bond donors (Lipinski definition) is 0. The lowest BCUT2D eigenvalue weighted by atomic mass is 10.0. The molecule has 0 fully saturated rings. The van der Waals surface area contributed by atoms with Crippen molar-refractivity contribution in [2.75, 3.05) is 0 Å². The molecule has 0 radical (unpaired) electrons. The van der Waals surface area contributed by atoms with Crippen LogP contribution >= 0.6 is 0 Å². The zero-order chi connectivity index (χ0) is 28.3. The minimum atomic E-state index is 0.798. The summed E-state index contributed by atoms with van der Waals surface area (Å²) in [7, 11) is 0. The third-order valence-corrected chi connectivity index (χ3v) is 8.32. The van der Waals surface area contributed by atoms with Gasteiger partial charge in [-0.25, -0.2) is 19.9 Å². The molecule has 0 aliphatic carbocycles. The van der Waals surface area contributed by atoms with Crippen LogP contribution in [0.25, 0.3) is 82.7 Å². The molecule has 9 aromatic rings. The Labute approximate surface area is 246 Å². The summed E-state index contributed by atoms with van der Waals surface area (Å²) in [6, 6.07) is 44.4. The number of aromatic nitrogens is 5. The van der Waals surface area contributed by atoms with Gasteiger partial charge < -0.3 is 0 Å². The summed E-state index contributed by atoms with van der Waals surface area (Å²) in [5.74, 6) is 0.798. The van der Waals surface area contributed by atoms with Gasteiger partial charge in [0.1, 0.15) is 12.0 Å². The Balaban J connectivity index is 1.43. The van der Waals surface area contributed by atoms with E-state index in [2.05, 4.69) is 112 Å². The monoisotopic (exact) mass is 549 g/mol. The molecule has 0 unspecified atom stereocenters. The van der Waals surface area contributed by atoms with Crippen LogP contribution < -0.4 is 0 Å². The van der Waals surface area contributed by atoms with Crippen molar-refractivity contribution in [3.8, 4) is 28.2 Å². The van der Waals surface area contributed by atoms with E-state index in [0.29, 0.717) is 0 Å². The summed E-state index contributed by atoms with van der Waals surface area (Å²) in [4.78, 5) is 19.5. The molecule has 0 atom stereocenters. The first kappa shape index (κ1) is 23.7. The predicted octanol–water partition coefficient (Wildman–Crippen LogP) is 9.16. The Bertz CT molecular complexity index is 2510. The first-order valence-corrected chi connectivity index (χ1v) is 14.3. The van der Waals surface area contributed by atoms with Crippen molar-refractivity contribution < 1.29 is 0 Å². The second kappa shape index (κ2) is 9.29. The van der Waals surface area contributed by atoms with Crippen molar-refractivity contribution in [3.05, 3.63) is 140 Å². The Morgan fingerprint density at radius 3 is 2.07 bits per heavy atom. The molecule has 0 bridgehead atoms. The molecule has 0 aliphatic heterocycles. The molecule has 0 N–H and O–H groups in total. The van der Waals surface area contributed by atoms with E-state index in [-0.39, 0.29) is 0 Å². The number of hydrogen-bond acceptors (Lipinski definition) is 4. The number of benzene rings is 6. The van der Waals surface area contributed by atoms with Gasteiger partial charge in [0, 0.05) is 33.3 Å². The van der Waals surface area contributed by atoms with Crippen LogP contribution in [0.2, 0.25) is 0 Å². The largest absolute Gasteiger partial charge is 0.291 e. The van der Waals surface area contributed by atoms with Gasteiger partial charge in [-0.2, -0.15) is 0 Å². The first-order valence-electron chi connectivity index (χ1n) is 14.3. The number of fused-ring (bicyclic) bond motifs is 8. The van der Waals surface area contributed by atoms with E-state index < -0.39 is 0 Å². The van der Waals surface area contributed by atoms with E-state index in [4.69, 9.17) is 9.97 Å². The SMILES string of the molecule is c1ccc(-c2cccc(-c3nc4ccccc4nc3-n3c4ccccc4c4ccc5c6cncnc6ccc5c43)c2)cc1. The van der Waals surface area contributed by atoms with Gasteiger partial charge >= 0.3 is 0 Å². The van der Waals surface area contributed by atoms with Crippen LogP contribution in [0, 0.1) is 0 Å². The molecule has 0 spiro atoms. The predicted molar refractivity (Wildman–Crippen MR) is 175 cm³/mol. The molecule has 5 nitrogen and oxygen atoms in total. The zero-order valence-corrected chi connectivity index (χ0v) is 23.0. The lowest BCUT2D eigenvalue weighted by Gasteiger charge is -2.15. The van der Waals surface area contributed by atoms with E-state index >= 15 is 0 Å². The lowest BCUT2D eigenvalue weighted by Crippen LogP contribution is -2.04. The summed E-state index contributed by atoms with van der Waals surface area (Å²) in [6.07, 6.45) is 3.50. The van der Waals surface area contributed by atoms with Crippen LogP contribution in [-0.4, -0.2) is 24.5 Å². The van der Waals surface area contributed by atoms with E-state index in [9.17, 15) is 0 Å². The van der Waals surface area contributed by atoms with Gasteiger partial charge in [0.25, 0.3) is 0 Å². The maximum atomic E-state index is 5.34. The van der Waals surface area contributed by atoms with Crippen molar-refractivity contribution in [2.45, 2.75) is 0 Å². The Kier molecular flexibility index (Phi) is 5.13. The maximum Gasteiger partial charge on any atom is 0.165 e. The summed E-state index contributed by atoms with van der Waals surface area (Å²) in [6.45, 7) is 0. The smallest absolute Gasteiger partial charge is 0.165 e. The first-order chi connectivity index (χ1) is 21.3. The Morgan fingerprint density at radius 2 is 1.16 bits per heavy atom. The minimum Gasteiger partial charge on any atom is -0.291 e. The second-order valence-electron chi connectivity index (χ2n) is 10.8. The second-order valence-corrected chi connectivity index (χ2v) is 10.8. The highest BCUT2D eigenvalue weighted by molar-refractivity contribution is 6.22. The average Bonchev–Trinajstić information content (AvgIpc) is 3.42. The van der Waals surface area contributed by atoms with E-state index in [1.165, 1.54) is 10.8 Å². The van der Waals surface area contributed by atoms with Gasteiger partial charge in [0.15, 0.2) is 5.82 Å². The highest BCUT2D eigenvalue weighted by atomic mass is 15.1. The summed E-state index contributed by atoms with van der Waals surface area (Å²) >= 11 is 0. The summed E-state index contributed by atoms with van der Waals surface area (Å²) < 4.78 is 2.30. The highest BCUT2D eigenvalue weighted by Gasteiger charge is 2.21. The lowest BCUT2D eigenvalue weighted by molar-refractivity contribution is 1.08. The Morgan fingerprint density at radius 1 is 0.465 bits per heavy atom. The van der Waals surface area contributed by atoms with Gasteiger partial charge in [-0.15, -0.1) is 0 Å². The zero-order valence-electron chi connectivity index (χ0n) is 23.0. The number of rotatable bonds is 3. The van der Waals surface area contributed by atoms with Crippen LogP contribution in [0.4, 0.5) is 0 Å². The fourth-order valence-corrected chi connectivity index (χ4v) is 6.37. The molecule has 43 heavy (non-hydrogen) atoms. The van der Waals surface area contributed by atoms with Crippen LogP contribution in [0.5, 0.6) is 0 Å². The summed E-state index contributed by atoms with van der Waals surface area (Å²) in [5, 5.41) is 5.59. The molecule has 5 heteroatoms. The molecule has 9 rings (SSSR count). The average molecular weight is 550 g/mol. The number of nitrogens with zero attached hydrogens (tertiary/aromatic N) is 5. The molecular weight excluding hydrogens is 526 g/mol. The third kappa shape index (κ3) is 3.65. The molecule has 3 aromatic heterocycles. The molecule has 0 aliphatic rings. The molecule has 0 saturated carbocycles. The standard InChI is InChI=1S/C38H23N5/c1-2-9-24(10-3-1)25-11-8-12-26(21-25)36-38(42-34-15-6-5-14-33(34)41-36)43-35-16-7-4-13-28(35)30-18-17-27-29(37(30)43)19-20-32-31(27)22-39-23-40-32/h1-23H. The topological polar surface area (TPSA) is 56.5 Å². The minimum absolute atomic E-state index is 0.798. The molecule has 0 amide bonds. The van der Waals surface area contributed by atoms with Crippen LogP contribution in [0.15, 0.2) is 140 Å². The van der Waals surface area contributed by atoms with Gasteiger partial charge in [-0.3, -0.25) is 4.57 Å². The Hall–Kier alpha value is -5.94. The van der Waals surface area contributed by atoms with Gasteiger partial charge in [0.05, 0.1) is 27.6 Å². The van der Waals surface area contributed by atoms with Gasteiger partial charge in [0.2, 0.25) is 0 Å². The van der Waals surface area contributed by atoms with E-state index in [1.54, 1.807) is 6.33 Å². The molecular formula is C38H23N5.